The van der Waals surface area contributed by atoms with Crippen LogP contribution < -0.4 is 10.6 Å². The highest BCUT2D eigenvalue weighted by atomic mass is 19.4. The van der Waals surface area contributed by atoms with E-state index in [1.54, 1.807) is 7.05 Å². The van der Waals surface area contributed by atoms with E-state index in [1.807, 2.05) is 6.07 Å². The second-order valence-electron chi connectivity index (χ2n) is 8.01. The third kappa shape index (κ3) is 7.19. The first-order valence-electron chi connectivity index (χ1n) is 10.5. The normalized spacial score (nSPS) is 22.1. The molecule has 0 spiro atoms. The van der Waals surface area contributed by atoms with E-state index in [0.717, 1.165) is 19.6 Å². The maximum absolute atomic E-state index is 12.6. The van der Waals surface area contributed by atoms with Crippen LogP contribution in [0.4, 0.5) is 13.2 Å². The van der Waals surface area contributed by atoms with Crippen molar-refractivity contribution in [3.05, 3.63) is 35.4 Å². The Bertz CT molecular complexity index is 671. The SMILES string of the molecule is CN=C(NCc1ccccc1CN1CCCCC1)NC1CCN(CC(F)(F)F)C1. The summed E-state index contributed by atoms with van der Waals surface area (Å²) in [6.07, 6.45) is 0.395. The number of alkyl halides is 3. The van der Waals surface area contributed by atoms with Crippen LogP contribution in [0.1, 0.15) is 36.8 Å². The standard InChI is InChI=1S/C21H32F3N5/c1-25-20(27-19-9-12-29(15-19)16-21(22,23)24)26-13-17-7-3-4-8-18(17)14-28-10-5-2-6-11-28/h3-4,7-8,19H,2,5-6,9-16H2,1H3,(H2,25,26,27). The van der Waals surface area contributed by atoms with Crippen molar-refractivity contribution in [2.45, 2.75) is 51.0 Å². The molecule has 3 rings (SSSR count). The zero-order valence-electron chi connectivity index (χ0n) is 17.1. The number of benzene rings is 1. The summed E-state index contributed by atoms with van der Waals surface area (Å²) < 4.78 is 37.7. The lowest BCUT2D eigenvalue weighted by atomic mass is 10.0. The van der Waals surface area contributed by atoms with E-state index in [9.17, 15) is 13.2 Å². The van der Waals surface area contributed by atoms with Gasteiger partial charge in [0.15, 0.2) is 5.96 Å². The number of halogens is 3. The third-order valence-electron chi connectivity index (χ3n) is 5.65. The molecule has 0 aliphatic carbocycles. The number of piperidine rings is 1. The average molecular weight is 412 g/mol. The lowest BCUT2D eigenvalue weighted by Crippen LogP contribution is -2.45. The summed E-state index contributed by atoms with van der Waals surface area (Å²) in [5, 5.41) is 6.60. The van der Waals surface area contributed by atoms with Gasteiger partial charge in [-0.05, 0) is 43.5 Å². The molecule has 1 atom stereocenters. The number of aliphatic imine (C=N–C) groups is 1. The zero-order chi connectivity index (χ0) is 20.7. The van der Waals surface area contributed by atoms with E-state index in [-0.39, 0.29) is 6.04 Å². The molecule has 162 valence electrons. The molecule has 0 radical (unpaired) electrons. The number of hydrogen-bond acceptors (Lipinski definition) is 3. The van der Waals surface area contributed by atoms with Crippen LogP contribution >= 0.6 is 0 Å². The van der Waals surface area contributed by atoms with E-state index in [2.05, 4.69) is 38.7 Å². The number of rotatable bonds is 6. The number of hydrogen-bond donors (Lipinski definition) is 2. The Morgan fingerprint density at radius 2 is 1.79 bits per heavy atom. The van der Waals surface area contributed by atoms with E-state index >= 15 is 0 Å². The Hall–Kier alpha value is -1.80. The number of guanidine groups is 1. The van der Waals surface area contributed by atoms with Gasteiger partial charge in [0.1, 0.15) is 0 Å². The summed E-state index contributed by atoms with van der Waals surface area (Å²) in [6, 6.07) is 8.39. The minimum absolute atomic E-state index is 0.0212. The third-order valence-corrected chi connectivity index (χ3v) is 5.65. The topological polar surface area (TPSA) is 42.9 Å². The summed E-state index contributed by atoms with van der Waals surface area (Å²) in [7, 11) is 1.69. The molecule has 2 heterocycles. The first kappa shape index (κ1) is 21.9. The molecule has 0 bridgehead atoms. The molecule has 1 aromatic rings. The molecular weight excluding hydrogens is 379 g/mol. The van der Waals surface area contributed by atoms with Gasteiger partial charge in [-0.1, -0.05) is 30.7 Å². The molecular formula is C21H32F3N5. The monoisotopic (exact) mass is 411 g/mol. The summed E-state index contributed by atoms with van der Waals surface area (Å²) in [5.41, 5.74) is 2.54. The van der Waals surface area contributed by atoms with Crippen molar-refractivity contribution in [2.75, 3.05) is 39.8 Å². The Morgan fingerprint density at radius 1 is 1.07 bits per heavy atom. The van der Waals surface area contributed by atoms with Crippen LogP contribution in [0.2, 0.25) is 0 Å². The predicted octanol–water partition coefficient (Wildman–Crippen LogP) is 2.97. The first-order valence-corrected chi connectivity index (χ1v) is 10.5. The van der Waals surface area contributed by atoms with Gasteiger partial charge in [-0.25, -0.2) is 0 Å². The van der Waals surface area contributed by atoms with Gasteiger partial charge in [0.2, 0.25) is 0 Å². The van der Waals surface area contributed by atoms with Crippen molar-refractivity contribution in [3.63, 3.8) is 0 Å². The van der Waals surface area contributed by atoms with Crippen LogP contribution in [-0.4, -0.2) is 67.7 Å². The molecule has 0 amide bonds. The fraction of sp³-hybridized carbons (Fsp3) is 0.667. The van der Waals surface area contributed by atoms with Crippen molar-refractivity contribution in [1.82, 2.24) is 20.4 Å². The zero-order valence-corrected chi connectivity index (χ0v) is 17.1. The number of nitrogens with zero attached hydrogens (tertiary/aromatic N) is 3. The first-order chi connectivity index (χ1) is 13.9. The van der Waals surface area contributed by atoms with Crippen LogP contribution in [0.25, 0.3) is 0 Å². The van der Waals surface area contributed by atoms with Gasteiger partial charge in [0.05, 0.1) is 6.54 Å². The highest BCUT2D eigenvalue weighted by Crippen LogP contribution is 2.20. The van der Waals surface area contributed by atoms with Gasteiger partial charge in [-0.2, -0.15) is 13.2 Å². The Morgan fingerprint density at radius 3 is 2.48 bits per heavy atom. The summed E-state index contributed by atoms with van der Waals surface area (Å²) >= 11 is 0. The second kappa shape index (κ2) is 10.3. The van der Waals surface area contributed by atoms with Gasteiger partial charge in [-0.3, -0.25) is 14.8 Å². The lowest BCUT2D eigenvalue weighted by Gasteiger charge is -2.27. The molecule has 8 heteroatoms. The van der Waals surface area contributed by atoms with Gasteiger partial charge < -0.3 is 10.6 Å². The minimum atomic E-state index is -4.15. The number of likely N-dealkylation sites (tertiary alicyclic amines) is 2. The van der Waals surface area contributed by atoms with Gasteiger partial charge >= 0.3 is 6.18 Å². The van der Waals surface area contributed by atoms with E-state index in [4.69, 9.17) is 0 Å². The van der Waals surface area contributed by atoms with Crippen LogP contribution in [0.3, 0.4) is 0 Å². The molecule has 2 aliphatic rings. The fourth-order valence-corrected chi connectivity index (χ4v) is 4.16. The molecule has 0 aromatic heterocycles. The molecule has 1 aromatic carbocycles. The van der Waals surface area contributed by atoms with Crippen molar-refractivity contribution in [2.24, 2.45) is 4.99 Å². The molecule has 2 saturated heterocycles. The molecule has 2 aliphatic heterocycles. The van der Waals surface area contributed by atoms with E-state index < -0.39 is 12.7 Å². The van der Waals surface area contributed by atoms with Crippen molar-refractivity contribution in [3.8, 4) is 0 Å². The summed E-state index contributed by atoms with van der Waals surface area (Å²) in [6.45, 7) is 3.89. The van der Waals surface area contributed by atoms with Crippen molar-refractivity contribution in [1.29, 1.82) is 0 Å². The highest BCUT2D eigenvalue weighted by molar-refractivity contribution is 5.80. The Kier molecular flexibility index (Phi) is 7.77. The molecule has 1 unspecified atom stereocenters. The predicted molar refractivity (Wildman–Crippen MR) is 110 cm³/mol. The van der Waals surface area contributed by atoms with Gasteiger partial charge in [-0.15, -0.1) is 0 Å². The van der Waals surface area contributed by atoms with Gasteiger partial charge in [0, 0.05) is 39.3 Å². The van der Waals surface area contributed by atoms with Crippen LogP contribution in [0.5, 0.6) is 0 Å². The summed E-state index contributed by atoms with van der Waals surface area (Å²) in [4.78, 5) is 8.20. The fourth-order valence-electron chi connectivity index (χ4n) is 4.16. The quantitative estimate of drug-likeness (QED) is 0.558. The Labute approximate surface area is 171 Å². The molecule has 2 N–H and O–H groups in total. The van der Waals surface area contributed by atoms with Crippen LogP contribution in [0.15, 0.2) is 29.3 Å². The number of nitrogens with one attached hydrogen (secondary N) is 2. The minimum Gasteiger partial charge on any atom is -0.352 e. The van der Waals surface area contributed by atoms with E-state index in [0.29, 0.717) is 32.0 Å². The summed E-state index contributed by atoms with van der Waals surface area (Å²) in [5.74, 6) is 0.636. The maximum Gasteiger partial charge on any atom is 0.401 e. The molecule has 5 nitrogen and oxygen atoms in total. The average Bonchev–Trinajstić information content (AvgIpc) is 3.12. The second-order valence-corrected chi connectivity index (χ2v) is 8.01. The molecule has 29 heavy (non-hydrogen) atoms. The van der Waals surface area contributed by atoms with Crippen molar-refractivity contribution < 1.29 is 13.2 Å². The van der Waals surface area contributed by atoms with E-state index in [1.165, 1.54) is 35.3 Å². The van der Waals surface area contributed by atoms with Gasteiger partial charge in [0.25, 0.3) is 0 Å². The largest absolute Gasteiger partial charge is 0.401 e. The molecule has 0 saturated carbocycles. The van der Waals surface area contributed by atoms with Crippen molar-refractivity contribution >= 4 is 5.96 Å². The smallest absolute Gasteiger partial charge is 0.352 e. The van der Waals surface area contributed by atoms with Crippen LogP contribution in [-0.2, 0) is 13.1 Å². The maximum atomic E-state index is 12.6. The molecule has 2 fully saturated rings. The lowest BCUT2D eigenvalue weighted by molar-refractivity contribution is -0.143. The highest BCUT2D eigenvalue weighted by Gasteiger charge is 2.34. The van der Waals surface area contributed by atoms with Crippen LogP contribution in [0, 0.1) is 0 Å². The Balaban J connectivity index is 1.50.